The van der Waals surface area contributed by atoms with Crippen molar-refractivity contribution in [2.24, 2.45) is 0 Å². The number of carboxylic acids is 1. The van der Waals surface area contributed by atoms with Crippen LogP contribution in [0.25, 0.3) is 0 Å². The molecule has 0 bridgehead atoms. The minimum Gasteiger partial charge on any atom is -0.478 e. The van der Waals surface area contributed by atoms with Crippen LogP contribution < -0.4 is 5.32 Å². The fourth-order valence-electron chi connectivity index (χ4n) is 1.40. The zero-order valence-corrected chi connectivity index (χ0v) is 11.5. The van der Waals surface area contributed by atoms with Gasteiger partial charge in [-0.3, -0.25) is 0 Å². The zero-order valence-electron chi connectivity index (χ0n) is 9.87. The lowest BCUT2D eigenvalue weighted by Gasteiger charge is -2.15. The molecule has 5 heteroatoms. The standard InChI is InChI=1S/C12H16BrNO3/c1-3-17-7-8(2)14-9-4-5-10(12(15)16)11(13)6-9/h4-6,8,14H,3,7H2,1-2H3,(H,15,16). The van der Waals surface area contributed by atoms with E-state index in [0.29, 0.717) is 17.7 Å². The summed E-state index contributed by atoms with van der Waals surface area (Å²) in [6.45, 7) is 5.27. The van der Waals surface area contributed by atoms with Crippen LogP contribution in [0.1, 0.15) is 24.2 Å². The number of carbonyl (C=O) groups is 1. The lowest BCUT2D eigenvalue weighted by Crippen LogP contribution is -2.21. The largest absolute Gasteiger partial charge is 0.478 e. The number of anilines is 1. The van der Waals surface area contributed by atoms with E-state index < -0.39 is 5.97 Å². The summed E-state index contributed by atoms with van der Waals surface area (Å²) in [4.78, 5) is 10.8. The van der Waals surface area contributed by atoms with Gasteiger partial charge in [-0.2, -0.15) is 0 Å². The van der Waals surface area contributed by atoms with Crippen LogP contribution in [0.5, 0.6) is 0 Å². The highest BCUT2D eigenvalue weighted by atomic mass is 79.9. The smallest absolute Gasteiger partial charge is 0.336 e. The summed E-state index contributed by atoms with van der Waals surface area (Å²) >= 11 is 3.24. The summed E-state index contributed by atoms with van der Waals surface area (Å²) in [6.07, 6.45) is 0. The molecule has 0 aliphatic rings. The second kappa shape index (κ2) is 6.61. The van der Waals surface area contributed by atoms with Crippen LogP contribution >= 0.6 is 15.9 Å². The average Bonchev–Trinajstić information content (AvgIpc) is 2.26. The maximum atomic E-state index is 10.8. The molecule has 0 fully saturated rings. The monoisotopic (exact) mass is 301 g/mol. The van der Waals surface area contributed by atoms with Gasteiger partial charge < -0.3 is 15.2 Å². The van der Waals surface area contributed by atoms with Crippen LogP contribution in [-0.2, 0) is 4.74 Å². The van der Waals surface area contributed by atoms with Crippen molar-refractivity contribution >= 4 is 27.6 Å². The number of nitrogens with one attached hydrogen (secondary N) is 1. The van der Waals surface area contributed by atoms with Crippen LogP contribution in [0.3, 0.4) is 0 Å². The van der Waals surface area contributed by atoms with Crippen LogP contribution in [-0.4, -0.2) is 30.3 Å². The number of carboxylic acid groups (broad SMARTS) is 1. The molecule has 2 N–H and O–H groups in total. The van der Waals surface area contributed by atoms with Crippen molar-refractivity contribution in [2.45, 2.75) is 19.9 Å². The zero-order chi connectivity index (χ0) is 12.8. The first-order valence-electron chi connectivity index (χ1n) is 5.41. The second-order valence-electron chi connectivity index (χ2n) is 3.70. The molecule has 1 unspecified atom stereocenters. The van der Waals surface area contributed by atoms with Gasteiger partial charge in [-0.25, -0.2) is 4.79 Å². The summed E-state index contributed by atoms with van der Waals surface area (Å²) in [6, 6.07) is 5.25. The topological polar surface area (TPSA) is 58.6 Å². The predicted molar refractivity (Wildman–Crippen MR) is 70.7 cm³/mol. The van der Waals surface area contributed by atoms with Gasteiger partial charge in [-0.1, -0.05) is 0 Å². The van der Waals surface area contributed by atoms with E-state index in [1.54, 1.807) is 18.2 Å². The molecule has 1 atom stereocenters. The van der Waals surface area contributed by atoms with Crippen molar-refractivity contribution in [3.8, 4) is 0 Å². The van der Waals surface area contributed by atoms with Crippen molar-refractivity contribution in [3.63, 3.8) is 0 Å². The maximum Gasteiger partial charge on any atom is 0.336 e. The molecule has 0 heterocycles. The Kier molecular flexibility index (Phi) is 5.44. The number of benzene rings is 1. The summed E-state index contributed by atoms with van der Waals surface area (Å²) in [5, 5.41) is 12.1. The van der Waals surface area contributed by atoms with E-state index in [4.69, 9.17) is 9.84 Å². The van der Waals surface area contributed by atoms with Gasteiger partial charge in [0.05, 0.1) is 12.2 Å². The number of halogens is 1. The first kappa shape index (κ1) is 14.0. The molecular formula is C12H16BrNO3. The molecule has 17 heavy (non-hydrogen) atoms. The molecule has 0 spiro atoms. The minimum atomic E-state index is -0.939. The molecule has 1 rings (SSSR count). The molecule has 0 amide bonds. The van der Waals surface area contributed by atoms with Gasteiger partial charge in [0.1, 0.15) is 0 Å². The van der Waals surface area contributed by atoms with E-state index >= 15 is 0 Å². The normalized spacial score (nSPS) is 12.2. The number of hydrogen-bond acceptors (Lipinski definition) is 3. The van der Waals surface area contributed by atoms with E-state index in [1.807, 2.05) is 13.8 Å². The predicted octanol–water partition coefficient (Wildman–Crippen LogP) is 2.98. The maximum absolute atomic E-state index is 10.8. The Morgan fingerprint density at radius 1 is 1.59 bits per heavy atom. The number of ether oxygens (including phenoxy) is 1. The molecule has 1 aromatic rings. The number of aromatic carboxylic acids is 1. The van der Waals surface area contributed by atoms with Crippen molar-refractivity contribution in [1.82, 2.24) is 0 Å². The molecule has 0 aliphatic heterocycles. The average molecular weight is 302 g/mol. The van der Waals surface area contributed by atoms with Crippen LogP contribution in [0, 0.1) is 0 Å². The first-order valence-corrected chi connectivity index (χ1v) is 6.21. The summed E-state index contributed by atoms with van der Waals surface area (Å²) in [5.74, 6) is -0.939. The van der Waals surface area contributed by atoms with Gasteiger partial charge in [0.25, 0.3) is 0 Å². The van der Waals surface area contributed by atoms with Crippen LogP contribution in [0.2, 0.25) is 0 Å². The Hall–Kier alpha value is -1.07. The number of rotatable bonds is 6. The Morgan fingerprint density at radius 2 is 2.29 bits per heavy atom. The minimum absolute atomic E-state index is 0.178. The van der Waals surface area contributed by atoms with Crippen molar-refractivity contribution in [1.29, 1.82) is 0 Å². The van der Waals surface area contributed by atoms with Gasteiger partial charge in [0.15, 0.2) is 0 Å². The van der Waals surface area contributed by atoms with Gasteiger partial charge in [-0.15, -0.1) is 0 Å². The number of hydrogen-bond donors (Lipinski definition) is 2. The Bertz CT molecular complexity index is 395. The fraction of sp³-hybridized carbons (Fsp3) is 0.417. The highest BCUT2D eigenvalue weighted by Gasteiger charge is 2.09. The molecular weight excluding hydrogens is 286 g/mol. The van der Waals surface area contributed by atoms with Crippen molar-refractivity contribution in [2.75, 3.05) is 18.5 Å². The Morgan fingerprint density at radius 3 is 2.82 bits per heavy atom. The van der Waals surface area contributed by atoms with E-state index in [2.05, 4.69) is 21.2 Å². The quantitative estimate of drug-likeness (QED) is 0.848. The molecule has 4 nitrogen and oxygen atoms in total. The molecule has 0 saturated heterocycles. The lowest BCUT2D eigenvalue weighted by atomic mass is 10.2. The van der Waals surface area contributed by atoms with Gasteiger partial charge in [-0.05, 0) is 48.0 Å². The molecule has 0 aromatic heterocycles. The molecule has 0 saturated carbocycles. The SMILES string of the molecule is CCOCC(C)Nc1ccc(C(=O)O)c(Br)c1. The van der Waals surface area contributed by atoms with E-state index in [9.17, 15) is 4.79 Å². The molecule has 94 valence electrons. The van der Waals surface area contributed by atoms with Gasteiger partial charge >= 0.3 is 5.97 Å². The molecule has 0 aliphatic carbocycles. The second-order valence-corrected chi connectivity index (χ2v) is 4.56. The van der Waals surface area contributed by atoms with Crippen LogP contribution in [0.15, 0.2) is 22.7 Å². The van der Waals surface area contributed by atoms with Crippen LogP contribution in [0.4, 0.5) is 5.69 Å². The molecule has 1 aromatic carbocycles. The van der Waals surface area contributed by atoms with Gasteiger partial charge in [0, 0.05) is 22.8 Å². The third-order valence-corrected chi connectivity index (χ3v) is 2.84. The third-order valence-electron chi connectivity index (χ3n) is 2.18. The van der Waals surface area contributed by atoms with E-state index in [1.165, 1.54) is 0 Å². The van der Waals surface area contributed by atoms with Crippen molar-refractivity contribution in [3.05, 3.63) is 28.2 Å². The summed E-state index contributed by atoms with van der Waals surface area (Å²) in [7, 11) is 0. The Labute approximate surface area is 109 Å². The highest BCUT2D eigenvalue weighted by molar-refractivity contribution is 9.10. The lowest BCUT2D eigenvalue weighted by molar-refractivity contribution is 0.0696. The van der Waals surface area contributed by atoms with Crippen molar-refractivity contribution < 1.29 is 14.6 Å². The first-order chi connectivity index (χ1) is 8.04. The van der Waals surface area contributed by atoms with E-state index in [0.717, 1.165) is 5.69 Å². The van der Waals surface area contributed by atoms with E-state index in [-0.39, 0.29) is 11.6 Å². The highest BCUT2D eigenvalue weighted by Crippen LogP contribution is 2.22. The third kappa shape index (κ3) is 4.36. The fourth-order valence-corrected chi connectivity index (χ4v) is 1.95. The summed E-state index contributed by atoms with van der Waals surface area (Å²) < 4.78 is 5.86. The van der Waals surface area contributed by atoms with Gasteiger partial charge in [0.2, 0.25) is 0 Å². The molecule has 0 radical (unpaired) electrons. The Balaban J connectivity index is 2.67. The summed E-state index contributed by atoms with van der Waals surface area (Å²) in [5.41, 5.74) is 1.13.